The van der Waals surface area contributed by atoms with Crippen LogP contribution in [-0.2, 0) is 12.8 Å². The Labute approximate surface area is 363 Å². The number of nitrogens with zero attached hydrogens (tertiary/aromatic N) is 10. The van der Waals surface area contributed by atoms with Crippen molar-refractivity contribution in [1.29, 1.82) is 0 Å². The van der Waals surface area contributed by atoms with Gasteiger partial charge in [-0.15, -0.1) is 0 Å². The van der Waals surface area contributed by atoms with Gasteiger partial charge in [-0.3, -0.25) is 9.97 Å². The smallest absolute Gasteiger partial charge is 0.166 e. The molecule has 64 heavy (non-hydrogen) atoms. The van der Waals surface area contributed by atoms with E-state index < -0.39 is 11.6 Å². The summed E-state index contributed by atoms with van der Waals surface area (Å²) in [6.45, 7) is 9.19. The van der Waals surface area contributed by atoms with Crippen molar-refractivity contribution in [3.63, 3.8) is 0 Å². The quantitative estimate of drug-likeness (QED) is 0.0868. The number of para-hydroxylation sites is 1. The molecular weight excluding hydrogens is 825 g/mol. The van der Waals surface area contributed by atoms with Crippen LogP contribution < -0.4 is 10.6 Å². The molecule has 0 saturated carbocycles. The van der Waals surface area contributed by atoms with Gasteiger partial charge >= 0.3 is 0 Å². The van der Waals surface area contributed by atoms with E-state index in [-0.39, 0.29) is 23.7 Å². The number of anilines is 2. The zero-order valence-electron chi connectivity index (χ0n) is 35.2. The summed E-state index contributed by atoms with van der Waals surface area (Å²) in [5.74, 6) is 0.375. The van der Waals surface area contributed by atoms with E-state index in [9.17, 15) is 17.6 Å². The first kappa shape index (κ1) is 41.6. The number of hydrogen-bond donors (Lipinski definition) is 4. The van der Waals surface area contributed by atoms with Gasteiger partial charge < -0.3 is 29.7 Å². The van der Waals surface area contributed by atoms with Gasteiger partial charge in [-0.2, -0.15) is 0 Å². The monoisotopic (exact) mass is 866 g/mol. The van der Waals surface area contributed by atoms with E-state index in [1.807, 2.05) is 61.4 Å². The minimum absolute atomic E-state index is 0.135. The first-order chi connectivity index (χ1) is 31.0. The molecule has 0 aliphatic carbocycles. The van der Waals surface area contributed by atoms with E-state index in [1.54, 1.807) is 24.8 Å². The maximum atomic E-state index is 14.3. The second-order valence-corrected chi connectivity index (χ2v) is 15.7. The lowest BCUT2D eigenvalue weighted by atomic mass is 10.1. The zero-order valence-corrected chi connectivity index (χ0v) is 35.2. The lowest BCUT2D eigenvalue weighted by Crippen LogP contribution is -2.09. The van der Waals surface area contributed by atoms with Crippen molar-refractivity contribution >= 4 is 55.8 Å². The summed E-state index contributed by atoms with van der Waals surface area (Å²) in [4.78, 5) is 41.4. The summed E-state index contributed by atoms with van der Waals surface area (Å²) in [7, 11) is 0. The maximum Gasteiger partial charge on any atom is 0.166 e. The highest BCUT2D eigenvalue weighted by Gasteiger charge is 2.19. The molecule has 10 rings (SSSR count). The van der Waals surface area contributed by atoms with Crippen LogP contribution in [0.4, 0.5) is 29.2 Å². The number of H-pyrrole nitrogens is 2. The van der Waals surface area contributed by atoms with Crippen LogP contribution in [0.2, 0.25) is 0 Å². The van der Waals surface area contributed by atoms with Crippen LogP contribution in [0.15, 0.2) is 98.4 Å². The average Bonchev–Trinajstić information content (AvgIpc) is 4.10. The minimum Gasteiger partial charge on any atom is -0.368 e. The third-order valence-corrected chi connectivity index (χ3v) is 10.7. The van der Waals surface area contributed by atoms with Gasteiger partial charge in [0.2, 0.25) is 0 Å². The number of imidazole rings is 2. The van der Waals surface area contributed by atoms with Gasteiger partial charge in [0.25, 0.3) is 0 Å². The number of benzene rings is 2. The van der Waals surface area contributed by atoms with Crippen molar-refractivity contribution in [3.05, 3.63) is 133 Å². The lowest BCUT2D eigenvalue weighted by molar-refractivity contribution is 0.612. The second-order valence-electron chi connectivity index (χ2n) is 15.7. The molecule has 0 atom stereocenters. The van der Waals surface area contributed by atoms with Crippen LogP contribution in [-0.4, -0.2) is 72.1 Å². The van der Waals surface area contributed by atoms with Crippen molar-refractivity contribution in [2.45, 2.75) is 52.6 Å². The summed E-state index contributed by atoms with van der Waals surface area (Å²) < 4.78 is 59.6. The number of hydrogen-bond acceptors (Lipinski definition) is 10. The van der Waals surface area contributed by atoms with Crippen molar-refractivity contribution in [2.75, 3.05) is 23.7 Å². The molecule has 0 saturated heterocycles. The highest BCUT2D eigenvalue weighted by Crippen LogP contribution is 2.29. The van der Waals surface area contributed by atoms with Gasteiger partial charge in [0.15, 0.2) is 34.6 Å². The Balaban J connectivity index is 0.000000162. The highest BCUT2D eigenvalue weighted by atomic mass is 19.1. The number of aromatic nitrogens is 12. The summed E-state index contributed by atoms with van der Waals surface area (Å²) in [5.41, 5.74) is 6.67. The van der Waals surface area contributed by atoms with Crippen LogP contribution in [0.5, 0.6) is 0 Å². The van der Waals surface area contributed by atoms with Crippen LogP contribution in [0, 0.1) is 23.3 Å². The predicted octanol–water partition coefficient (Wildman–Crippen LogP) is 9.77. The van der Waals surface area contributed by atoms with Gasteiger partial charge in [0.1, 0.15) is 34.3 Å². The number of halogens is 4. The minimum atomic E-state index is -0.459. The first-order valence-electron chi connectivity index (χ1n) is 20.7. The highest BCUT2D eigenvalue weighted by molar-refractivity contribution is 5.87. The summed E-state index contributed by atoms with van der Waals surface area (Å²) in [6.07, 6.45) is 13.7. The number of aromatic amines is 2. The fourth-order valence-electron chi connectivity index (χ4n) is 7.58. The number of fused-ring (bicyclic) bond motifs is 4. The van der Waals surface area contributed by atoms with E-state index in [0.717, 1.165) is 34.4 Å². The van der Waals surface area contributed by atoms with E-state index in [2.05, 4.69) is 60.5 Å². The molecule has 0 unspecified atom stereocenters. The van der Waals surface area contributed by atoms with Gasteiger partial charge in [-0.05, 0) is 82.0 Å². The van der Waals surface area contributed by atoms with Crippen LogP contribution in [0.1, 0.15) is 50.9 Å². The molecule has 8 aromatic heterocycles. The largest absolute Gasteiger partial charge is 0.368 e. The standard InChI is InChI=1S/2C23H21F2N7/c1-13(2)32-12-29-20-22(30-21(31-23(20)32)15-8-16(24)11-26-9-15)27-7-6-14-10-28-18-5-3-4-17(25)19(14)18;1-13(2)32-12-29-20-22(30-21(31-23(20)32)15-8-16(24)11-26-9-15)27-7-6-14-10-28-19-17(14)4-3-5-18(19)25/h2*3-5,8-13,28H,6-7H2,1-2H3,(H,27,30,31). The van der Waals surface area contributed by atoms with E-state index in [1.165, 1.54) is 36.7 Å². The van der Waals surface area contributed by atoms with E-state index in [0.29, 0.717) is 93.6 Å². The average molecular weight is 867 g/mol. The Morgan fingerprint density at radius 2 is 1.14 bits per heavy atom. The van der Waals surface area contributed by atoms with Crippen molar-refractivity contribution in [2.24, 2.45) is 0 Å². The molecule has 2 aromatic carbocycles. The zero-order chi connectivity index (χ0) is 44.5. The van der Waals surface area contributed by atoms with E-state index in [4.69, 9.17) is 0 Å². The lowest BCUT2D eigenvalue weighted by Gasteiger charge is -2.11. The third kappa shape index (κ3) is 8.28. The molecule has 0 fully saturated rings. The van der Waals surface area contributed by atoms with Crippen molar-refractivity contribution < 1.29 is 17.6 Å². The van der Waals surface area contributed by atoms with Gasteiger partial charge in [0.05, 0.1) is 30.6 Å². The number of nitrogens with one attached hydrogen (secondary N) is 4. The Bertz CT molecular complexity index is 3280. The Kier molecular flexibility index (Phi) is 11.4. The fourth-order valence-corrected chi connectivity index (χ4v) is 7.58. The molecule has 18 heteroatoms. The van der Waals surface area contributed by atoms with Gasteiger partial charge in [0, 0.05) is 77.4 Å². The van der Waals surface area contributed by atoms with Crippen molar-refractivity contribution in [3.8, 4) is 22.8 Å². The third-order valence-electron chi connectivity index (χ3n) is 10.7. The topological polar surface area (TPSA) is 169 Å². The maximum absolute atomic E-state index is 14.3. The normalized spacial score (nSPS) is 11.7. The second kappa shape index (κ2) is 17.5. The van der Waals surface area contributed by atoms with Crippen molar-refractivity contribution in [1.82, 2.24) is 59.0 Å². The summed E-state index contributed by atoms with van der Waals surface area (Å²) >= 11 is 0. The molecule has 0 aliphatic rings. The Morgan fingerprint density at radius 1 is 0.609 bits per heavy atom. The fraction of sp³-hybridized carbons (Fsp3) is 0.217. The first-order valence-corrected chi connectivity index (χ1v) is 20.7. The van der Waals surface area contributed by atoms with Gasteiger partial charge in [-0.1, -0.05) is 18.2 Å². The van der Waals surface area contributed by atoms with E-state index >= 15 is 0 Å². The predicted molar refractivity (Wildman–Crippen MR) is 239 cm³/mol. The molecule has 0 bridgehead atoms. The SMILES string of the molecule is CC(C)n1cnc2c(NCCc3c[nH]c4c(F)cccc34)nc(-c3cncc(F)c3)nc21.CC(C)n1cnc2c(NCCc3c[nH]c4cccc(F)c34)nc(-c3cncc(F)c3)nc21. The molecular formula is C46H42F4N14. The molecule has 324 valence electrons. The molecule has 10 aromatic rings. The molecule has 0 aliphatic heterocycles. The van der Waals surface area contributed by atoms with Crippen LogP contribution >= 0.6 is 0 Å². The molecule has 8 heterocycles. The van der Waals surface area contributed by atoms with Gasteiger partial charge in [-0.25, -0.2) is 47.5 Å². The molecule has 0 amide bonds. The molecule has 4 N–H and O–H groups in total. The number of pyridine rings is 2. The van der Waals surface area contributed by atoms with Crippen LogP contribution in [0.25, 0.3) is 66.9 Å². The Morgan fingerprint density at radius 3 is 1.70 bits per heavy atom. The van der Waals surface area contributed by atoms with Crippen LogP contribution in [0.3, 0.4) is 0 Å². The molecule has 0 spiro atoms. The Hall–Kier alpha value is -7.76. The summed E-state index contributed by atoms with van der Waals surface area (Å²) in [6, 6.07) is 13.0. The molecule has 0 radical (unpaired) electrons. The summed E-state index contributed by atoms with van der Waals surface area (Å²) in [5, 5.41) is 8.10. The molecule has 14 nitrogen and oxygen atoms in total. The number of rotatable bonds is 12.